The number of hydrogen-bond donors (Lipinski definition) is 2. The Kier molecular flexibility index (Phi) is 6.24. The third-order valence-corrected chi connectivity index (χ3v) is 5.39. The summed E-state index contributed by atoms with van der Waals surface area (Å²) in [7, 11) is 3.33. The second-order valence-corrected chi connectivity index (χ2v) is 7.33. The van der Waals surface area contributed by atoms with Gasteiger partial charge < -0.3 is 19.7 Å². The number of carbonyl (C=O) groups excluding carboxylic acids is 1. The molecule has 0 spiro atoms. The number of methoxy groups -OCH3 is 2. The molecule has 1 heterocycles. The zero-order valence-corrected chi connectivity index (χ0v) is 16.7. The van der Waals surface area contributed by atoms with E-state index in [0.717, 1.165) is 42.0 Å². The van der Waals surface area contributed by atoms with Crippen molar-refractivity contribution in [3.63, 3.8) is 0 Å². The second kappa shape index (κ2) is 8.63. The molecule has 6 heteroatoms. The van der Waals surface area contributed by atoms with E-state index in [-0.39, 0.29) is 11.9 Å². The molecular formula is C21H26ClN2O3+. The lowest BCUT2D eigenvalue weighted by molar-refractivity contribution is -0.910. The zero-order valence-electron chi connectivity index (χ0n) is 16.0. The standard InChI is InChI=1S/C21H25ClN2O3/c1-14-6-8-18(17(22)11-14)23-21(25)13-24-10-4-5-19(24)16-12-15(26-2)7-9-20(16)27-3/h6-9,11-12,19H,4-5,10,13H2,1-3H3,(H,23,25)/p+1/t19-/m0/s1. The molecule has 0 saturated carbocycles. The molecule has 144 valence electrons. The highest BCUT2D eigenvalue weighted by Gasteiger charge is 2.34. The lowest BCUT2D eigenvalue weighted by Gasteiger charge is -2.23. The van der Waals surface area contributed by atoms with Crippen molar-refractivity contribution in [1.82, 2.24) is 0 Å². The quantitative estimate of drug-likeness (QED) is 0.798. The number of benzene rings is 2. The number of anilines is 1. The lowest BCUT2D eigenvalue weighted by atomic mass is 10.0. The summed E-state index contributed by atoms with van der Waals surface area (Å²) in [5.74, 6) is 1.60. The maximum Gasteiger partial charge on any atom is 0.279 e. The summed E-state index contributed by atoms with van der Waals surface area (Å²) < 4.78 is 10.9. The first-order valence-electron chi connectivity index (χ1n) is 9.14. The molecule has 0 radical (unpaired) electrons. The van der Waals surface area contributed by atoms with Gasteiger partial charge in [-0.15, -0.1) is 0 Å². The molecular weight excluding hydrogens is 364 g/mol. The largest absolute Gasteiger partial charge is 0.497 e. The summed E-state index contributed by atoms with van der Waals surface area (Å²) in [4.78, 5) is 13.8. The number of nitrogens with one attached hydrogen (secondary N) is 2. The zero-order chi connectivity index (χ0) is 19.4. The van der Waals surface area contributed by atoms with Crippen molar-refractivity contribution >= 4 is 23.2 Å². The Hall–Kier alpha value is -2.24. The van der Waals surface area contributed by atoms with Gasteiger partial charge in [0, 0.05) is 12.8 Å². The normalized spacial score (nSPS) is 19.0. The molecule has 0 aliphatic carbocycles. The smallest absolute Gasteiger partial charge is 0.279 e. The third-order valence-electron chi connectivity index (χ3n) is 5.08. The summed E-state index contributed by atoms with van der Waals surface area (Å²) in [5.41, 5.74) is 2.81. The Bertz CT molecular complexity index is 825. The van der Waals surface area contributed by atoms with E-state index in [1.807, 2.05) is 43.3 Å². The van der Waals surface area contributed by atoms with Crippen LogP contribution in [0.25, 0.3) is 0 Å². The van der Waals surface area contributed by atoms with Crippen LogP contribution < -0.4 is 19.7 Å². The van der Waals surface area contributed by atoms with Crippen LogP contribution in [0, 0.1) is 6.92 Å². The summed E-state index contributed by atoms with van der Waals surface area (Å²) >= 11 is 6.24. The van der Waals surface area contributed by atoms with Gasteiger partial charge >= 0.3 is 0 Å². The second-order valence-electron chi connectivity index (χ2n) is 6.92. The highest BCUT2D eigenvalue weighted by Crippen LogP contribution is 2.31. The first-order chi connectivity index (χ1) is 13.0. The van der Waals surface area contributed by atoms with Gasteiger partial charge in [0.25, 0.3) is 5.91 Å². The summed E-state index contributed by atoms with van der Waals surface area (Å²) in [5, 5.41) is 3.50. The molecule has 1 aliphatic rings. The summed E-state index contributed by atoms with van der Waals surface area (Å²) in [6, 6.07) is 11.7. The van der Waals surface area contributed by atoms with Gasteiger partial charge in [-0.25, -0.2) is 0 Å². The highest BCUT2D eigenvalue weighted by atomic mass is 35.5. The Morgan fingerprint density at radius 3 is 2.74 bits per heavy atom. The number of ether oxygens (including phenoxy) is 2. The van der Waals surface area contributed by atoms with Crippen molar-refractivity contribution in [2.45, 2.75) is 25.8 Å². The molecule has 1 amide bonds. The number of carbonyl (C=O) groups is 1. The van der Waals surface area contributed by atoms with Crippen molar-refractivity contribution < 1.29 is 19.2 Å². The van der Waals surface area contributed by atoms with Crippen LogP contribution in [-0.2, 0) is 4.79 Å². The lowest BCUT2D eigenvalue weighted by Crippen LogP contribution is -3.11. The van der Waals surface area contributed by atoms with E-state index in [0.29, 0.717) is 17.3 Å². The molecule has 2 N–H and O–H groups in total. The van der Waals surface area contributed by atoms with Gasteiger partial charge in [0.15, 0.2) is 6.54 Å². The van der Waals surface area contributed by atoms with Crippen molar-refractivity contribution in [2.24, 2.45) is 0 Å². The number of quaternary nitrogens is 1. The fourth-order valence-electron chi connectivity index (χ4n) is 3.73. The average molecular weight is 390 g/mol. The van der Waals surface area contributed by atoms with Crippen LogP contribution in [0.5, 0.6) is 11.5 Å². The van der Waals surface area contributed by atoms with Crippen LogP contribution >= 0.6 is 11.6 Å². The molecule has 1 fully saturated rings. The number of amides is 1. The van der Waals surface area contributed by atoms with E-state index in [4.69, 9.17) is 21.1 Å². The summed E-state index contributed by atoms with van der Waals surface area (Å²) in [6.07, 6.45) is 2.08. The minimum absolute atomic E-state index is 0.0375. The van der Waals surface area contributed by atoms with Crippen molar-refractivity contribution in [3.05, 3.63) is 52.5 Å². The van der Waals surface area contributed by atoms with E-state index >= 15 is 0 Å². The maximum atomic E-state index is 12.6. The number of aryl methyl sites for hydroxylation is 1. The monoisotopic (exact) mass is 389 g/mol. The van der Waals surface area contributed by atoms with Crippen LogP contribution in [0.1, 0.15) is 30.0 Å². The van der Waals surface area contributed by atoms with Gasteiger partial charge in [-0.3, -0.25) is 4.79 Å². The highest BCUT2D eigenvalue weighted by molar-refractivity contribution is 6.33. The molecule has 3 rings (SSSR count). The molecule has 2 aromatic carbocycles. The van der Waals surface area contributed by atoms with Crippen LogP contribution in [0.3, 0.4) is 0 Å². The number of rotatable bonds is 6. The van der Waals surface area contributed by atoms with Crippen LogP contribution in [-0.4, -0.2) is 33.2 Å². The minimum Gasteiger partial charge on any atom is -0.497 e. The van der Waals surface area contributed by atoms with Gasteiger partial charge in [0.1, 0.15) is 17.5 Å². The number of likely N-dealkylation sites (tertiary alicyclic amines) is 1. The first-order valence-corrected chi connectivity index (χ1v) is 9.52. The van der Waals surface area contributed by atoms with Gasteiger partial charge in [0.05, 0.1) is 37.0 Å². The predicted octanol–water partition coefficient (Wildman–Crippen LogP) is 3.02. The Balaban J connectivity index is 1.74. The molecule has 1 unspecified atom stereocenters. The van der Waals surface area contributed by atoms with E-state index in [9.17, 15) is 4.79 Å². The SMILES string of the molecule is COc1ccc(OC)c([C@@H]2CCC[NH+]2CC(=O)Nc2ccc(C)cc2Cl)c1. The van der Waals surface area contributed by atoms with E-state index in [2.05, 4.69) is 5.32 Å². The number of halogens is 1. The molecule has 0 aromatic heterocycles. The first kappa shape index (κ1) is 19.5. The van der Waals surface area contributed by atoms with E-state index in [1.165, 1.54) is 4.90 Å². The Morgan fingerprint density at radius 2 is 2.04 bits per heavy atom. The molecule has 2 aromatic rings. The van der Waals surface area contributed by atoms with Crippen molar-refractivity contribution in [2.75, 3.05) is 32.6 Å². The van der Waals surface area contributed by atoms with Crippen LogP contribution in [0.4, 0.5) is 5.69 Å². The summed E-state index contributed by atoms with van der Waals surface area (Å²) in [6.45, 7) is 3.30. The van der Waals surface area contributed by atoms with Gasteiger partial charge in [-0.2, -0.15) is 0 Å². The van der Waals surface area contributed by atoms with Crippen molar-refractivity contribution in [1.29, 1.82) is 0 Å². The molecule has 1 saturated heterocycles. The van der Waals surface area contributed by atoms with Crippen LogP contribution in [0.2, 0.25) is 5.02 Å². The Labute approximate surface area is 165 Å². The fraction of sp³-hybridized carbons (Fsp3) is 0.381. The van der Waals surface area contributed by atoms with E-state index in [1.54, 1.807) is 14.2 Å². The number of hydrogen-bond acceptors (Lipinski definition) is 3. The topological polar surface area (TPSA) is 52.0 Å². The molecule has 0 bridgehead atoms. The Morgan fingerprint density at radius 1 is 1.22 bits per heavy atom. The van der Waals surface area contributed by atoms with E-state index < -0.39 is 0 Å². The average Bonchev–Trinajstić information content (AvgIpc) is 3.11. The van der Waals surface area contributed by atoms with Gasteiger partial charge in [-0.1, -0.05) is 17.7 Å². The fourth-order valence-corrected chi connectivity index (χ4v) is 4.01. The molecule has 27 heavy (non-hydrogen) atoms. The minimum atomic E-state index is -0.0375. The predicted molar refractivity (Wildman–Crippen MR) is 107 cm³/mol. The van der Waals surface area contributed by atoms with Gasteiger partial charge in [0.2, 0.25) is 0 Å². The molecule has 1 aliphatic heterocycles. The van der Waals surface area contributed by atoms with Crippen LogP contribution in [0.15, 0.2) is 36.4 Å². The maximum absolute atomic E-state index is 12.6. The molecule has 2 atom stereocenters. The van der Waals surface area contributed by atoms with Crippen molar-refractivity contribution in [3.8, 4) is 11.5 Å². The molecule has 5 nitrogen and oxygen atoms in total. The third kappa shape index (κ3) is 4.54. The van der Waals surface area contributed by atoms with Gasteiger partial charge in [-0.05, 0) is 42.8 Å².